The van der Waals surface area contributed by atoms with E-state index in [2.05, 4.69) is 12.1 Å². The van der Waals surface area contributed by atoms with Gasteiger partial charge in [-0.25, -0.2) is 0 Å². The molecular formula is C14H14BNO3S. The Morgan fingerprint density at radius 2 is 2.00 bits per heavy atom. The van der Waals surface area contributed by atoms with Crippen molar-refractivity contribution in [1.29, 1.82) is 5.26 Å². The van der Waals surface area contributed by atoms with Crippen molar-refractivity contribution in [2.45, 2.75) is 18.8 Å². The highest BCUT2D eigenvalue weighted by Crippen LogP contribution is 2.32. The molecule has 6 heteroatoms. The van der Waals surface area contributed by atoms with Crippen LogP contribution in [0.25, 0.3) is 10.1 Å². The highest BCUT2D eigenvalue weighted by Gasteiger charge is 2.20. The Balaban J connectivity index is 2.08. The number of fused-ring (bicyclic) bond motifs is 1. The zero-order chi connectivity index (χ0) is 14.1. The van der Waals surface area contributed by atoms with Gasteiger partial charge in [0.2, 0.25) is 0 Å². The standard InChI is InChI=1S/C14H14BNO3S/c16-8-12-6-10(9-1-3-19-4-2-9)5-11-7-13(15(17)18)20-14(11)12/h5-7,9,17-18H,1-4H2. The lowest BCUT2D eigenvalue weighted by molar-refractivity contribution is 0.0853. The first-order valence-corrected chi connectivity index (χ1v) is 7.42. The largest absolute Gasteiger partial charge is 0.499 e. The lowest BCUT2D eigenvalue weighted by atomic mass is 9.87. The first-order valence-electron chi connectivity index (χ1n) is 6.60. The molecular weight excluding hydrogens is 273 g/mol. The maximum atomic E-state index is 9.31. The van der Waals surface area contributed by atoms with Crippen molar-refractivity contribution >= 4 is 33.3 Å². The van der Waals surface area contributed by atoms with Crippen LogP contribution in [0.4, 0.5) is 0 Å². The monoisotopic (exact) mass is 287 g/mol. The Labute approximate surface area is 121 Å². The van der Waals surface area contributed by atoms with Crippen LogP contribution < -0.4 is 4.78 Å². The van der Waals surface area contributed by atoms with Crippen LogP contribution in [0.2, 0.25) is 0 Å². The average Bonchev–Trinajstić information content (AvgIpc) is 2.91. The molecule has 0 saturated carbocycles. The summed E-state index contributed by atoms with van der Waals surface area (Å²) in [6, 6.07) is 7.97. The van der Waals surface area contributed by atoms with Gasteiger partial charge in [-0.1, -0.05) is 0 Å². The van der Waals surface area contributed by atoms with Crippen molar-refractivity contribution in [1.82, 2.24) is 0 Å². The van der Waals surface area contributed by atoms with Gasteiger partial charge in [0.25, 0.3) is 0 Å². The van der Waals surface area contributed by atoms with Crippen molar-refractivity contribution < 1.29 is 14.8 Å². The predicted molar refractivity (Wildman–Crippen MR) is 79.2 cm³/mol. The molecule has 1 saturated heterocycles. The molecule has 102 valence electrons. The van der Waals surface area contributed by atoms with Crippen LogP contribution in [-0.4, -0.2) is 30.4 Å². The molecule has 1 fully saturated rings. The molecule has 2 heterocycles. The van der Waals surface area contributed by atoms with Gasteiger partial charge < -0.3 is 14.8 Å². The molecule has 20 heavy (non-hydrogen) atoms. The van der Waals surface area contributed by atoms with Crippen molar-refractivity contribution in [3.63, 3.8) is 0 Å². The van der Waals surface area contributed by atoms with E-state index < -0.39 is 7.12 Å². The fraction of sp³-hybridized carbons (Fsp3) is 0.357. The van der Waals surface area contributed by atoms with Gasteiger partial charge in [0.05, 0.1) is 10.3 Å². The fourth-order valence-electron chi connectivity index (χ4n) is 2.67. The van der Waals surface area contributed by atoms with E-state index in [0.717, 1.165) is 41.7 Å². The van der Waals surface area contributed by atoms with Gasteiger partial charge in [0, 0.05) is 18.0 Å². The maximum absolute atomic E-state index is 9.31. The summed E-state index contributed by atoms with van der Waals surface area (Å²) in [5.41, 5.74) is 1.76. The molecule has 3 rings (SSSR count). The zero-order valence-electron chi connectivity index (χ0n) is 10.9. The molecule has 0 aliphatic carbocycles. The minimum atomic E-state index is -1.48. The highest BCUT2D eigenvalue weighted by molar-refractivity contribution is 7.28. The lowest BCUT2D eigenvalue weighted by Crippen LogP contribution is -2.26. The number of benzene rings is 1. The van der Waals surface area contributed by atoms with E-state index >= 15 is 0 Å². The van der Waals surface area contributed by atoms with Gasteiger partial charge in [-0.15, -0.1) is 11.3 Å². The van der Waals surface area contributed by atoms with Crippen LogP contribution in [0.5, 0.6) is 0 Å². The van der Waals surface area contributed by atoms with E-state index in [4.69, 9.17) is 4.74 Å². The van der Waals surface area contributed by atoms with E-state index in [1.807, 2.05) is 6.07 Å². The summed E-state index contributed by atoms with van der Waals surface area (Å²) >= 11 is 1.26. The van der Waals surface area contributed by atoms with E-state index in [-0.39, 0.29) is 0 Å². The number of nitriles is 1. The second-order valence-electron chi connectivity index (χ2n) is 5.01. The smallest absolute Gasteiger partial charge is 0.423 e. The van der Waals surface area contributed by atoms with Gasteiger partial charge >= 0.3 is 7.12 Å². The van der Waals surface area contributed by atoms with Crippen LogP contribution >= 0.6 is 11.3 Å². The lowest BCUT2D eigenvalue weighted by Gasteiger charge is -2.22. The van der Waals surface area contributed by atoms with Gasteiger partial charge in [0.15, 0.2) is 0 Å². The number of ether oxygens (including phenoxy) is 1. The van der Waals surface area contributed by atoms with Crippen molar-refractivity contribution in [3.8, 4) is 6.07 Å². The third-order valence-corrected chi connectivity index (χ3v) is 4.95. The van der Waals surface area contributed by atoms with Crippen LogP contribution in [0.3, 0.4) is 0 Å². The summed E-state index contributed by atoms with van der Waals surface area (Å²) < 4.78 is 6.67. The SMILES string of the molecule is N#Cc1cc(C2CCOCC2)cc2cc(B(O)O)sc12. The molecule has 1 aromatic heterocycles. The van der Waals surface area contributed by atoms with E-state index in [1.165, 1.54) is 11.3 Å². The zero-order valence-corrected chi connectivity index (χ0v) is 11.7. The highest BCUT2D eigenvalue weighted by atomic mass is 32.1. The Bertz CT molecular complexity index is 671. The Morgan fingerprint density at radius 1 is 1.25 bits per heavy atom. The molecule has 0 radical (unpaired) electrons. The molecule has 0 unspecified atom stereocenters. The first kappa shape index (κ1) is 13.6. The Kier molecular flexibility index (Phi) is 3.77. The second kappa shape index (κ2) is 5.54. The topological polar surface area (TPSA) is 73.5 Å². The van der Waals surface area contributed by atoms with Crippen molar-refractivity contribution in [2.75, 3.05) is 13.2 Å². The van der Waals surface area contributed by atoms with Gasteiger partial charge in [-0.05, 0) is 47.9 Å². The molecule has 0 amide bonds. The third-order valence-electron chi connectivity index (χ3n) is 3.73. The Morgan fingerprint density at radius 3 is 2.65 bits per heavy atom. The second-order valence-corrected chi connectivity index (χ2v) is 6.09. The van der Waals surface area contributed by atoms with Gasteiger partial charge in [-0.2, -0.15) is 5.26 Å². The van der Waals surface area contributed by atoms with Crippen molar-refractivity contribution in [2.24, 2.45) is 0 Å². The van der Waals surface area contributed by atoms with Crippen LogP contribution in [-0.2, 0) is 4.74 Å². The molecule has 1 aromatic carbocycles. The summed E-state index contributed by atoms with van der Waals surface area (Å²) in [6.45, 7) is 1.52. The average molecular weight is 287 g/mol. The number of hydrogen-bond acceptors (Lipinski definition) is 5. The van der Waals surface area contributed by atoms with E-state index in [1.54, 1.807) is 6.07 Å². The molecule has 2 aromatic rings. The molecule has 4 nitrogen and oxygen atoms in total. The third kappa shape index (κ3) is 2.46. The summed E-state index contributed by atoms with van der Waals surface area (Å²) in [6.07, 6.45) is 1.94. The molecule has 1 aliphatic rings. The molecule has 0 spiro atoms. The van der Waals surface area contributed by atoms with Gasteiger partial charge in [-0.3, -0.25) is 0 Å². The van der Waals surface area contributed by atoms with Crippen LogP contribution in [0.15, 0.2) is 18.2 Å². The van der Waals surface area contributed by atoms with Gasteiger partial charge in [0.1, 0.15) is 6.07 Å². The summed E-state index contributed by atoms with van der Waals surface area (Å²) in [5, 5.41) is 28.8. The normalized spacial score (nSPS) is 16.2. The number of hydrogen-bond donors (Lipinski definition) is 2. The van der Waals surface area contributed by atoms with E-state index in [0.29, 0.717) is 16.3 Å². The summed E-state index contributed by atoms with van der Waals surface area (Å²) in [5.74, 6) is 0.419. The minimum Gasteiger partial charge on any atom is -0.423 e. The fourth-order valence-corrected chi connectivity index (χ4v) is 3.65. The Hall–Kier alpha value is -1.39. The first-order chi connectivity index (χ1) is 9.69. The van der Waals surface area contributed by atoms with Crippen LogP contribution in [0, 0.1) is 11.3 Å². The maximum Gasteiger partial charge on any atom is 0.499 e. The minimum absolute atomic E-state index is 0.419. The number of nitrogens with zero attached hydrogens (tertiary/aromatic N) is 1. The van der Waals surface area contributed by atoms with Crippen molar-refractivity contribution in [3.05, 3.63) is 29.3 Å². The summed E-state index contributed by atoms with van der Waals surface area (Å²) in [7, 11) is -1.48. The summed E-state index contributed by atoms with van der Waals surface area (Å²) in [4.78, 5) is 0. The molecule has 0 atom stereocenters. The molecule has 1 aliphatic heterocycles. The van der Waals surface area contributed by atoms with E-state index in [9.17, 15) is 15.3 Å². The molecule has 2 N–H and O–H groups in total. The predicted octanol–water partition coefficient (Wildman–Crippen LogP) is 1.35. The van der Waals surface area contributed by atoms with Crippen LogP contribution in [0.1, 0.15) is 29.9 Å². The quantitative estimate of drug-likeness (QED) is 0.818. The number of thiophene rings is 1. The number of rotatable bonds is 2. The molecule has 0 bridgehead atoms.